The van der Waals surface area contributed by atoms with Gasteiger partial charge in [0.15, 0.2) is 0 Å². The Morgan fingerprint density at radius 2 is 1.95 bits per heavy atom. The molecule has 0 atom stereocenters. The Labute approximate surface area is 116 Å². The smallest absolute Gasteiger partial charge is 0.0483 e. The Hall–Kier alpha value is -1.28. The molecule has 0 bridgehead atoms. The molecule has 0 radical (unpaired) electrons. The van der Waals surface area contributed by atoms with Gasteiger partial charge >= 0.3 is 0 Å². The summed E-state index contributed by atoms with van der Waals surface area (Å²) in [7, 11) is 0. The molecule has 0 saturated heterocycles. The molecule has 2 nitrogen and oxygen atoms in total. The fourth-order valence-electron chi connectivity index (χ4n) is 2.55. The summed E-state index contributed by atoms with van der Waals surface area (Å²) in [6.45, 7) is 10.1. The number of rotatable bonds is 4. The highest BCUT2D eigenvalue weighted by atomic mass is 16.3. The van der Waals surface area contributed by atoms with Crippen LogP contribution in [0.1, 0.15) is 45.2 Å². The highest BCUT2D eigenvalue weighted by molar-refractivity contribution is 5.85. The van der Waals surface area contributed by atoms with Crippen molar-refractivity contribution in [1.29, 1.82) is 0 Å². The van der Waals surface area contributed by atoms with E-state index < -0.39 is 0 Å². The SMILES string of the molecule is CCc1cn(CCCO)c2ccc(C(C)(C)C)cc12. The van der Waals surface area contributed by atoms with Gasteiger partial charge < -0.3 is 9.67 Å². The van der Waals surface area contributed by atoms with Crippen LogP contribution in [0.2, 0.25) is 0 Å². The average molecular weight is 259 g/mol. The molecule has 104 valence electrons. The first-order chi connectivity index (χ1) is 8.97. The summed E-state index contributed by atoms with van der Waals surface area (Å²) < 4.78 is 2.27. The van der Waals surface area contributed by atoms with E-state index in [1.807, 2.05) is 0 Å². The molecule has 0 saturated carbocycles. The summed E-state index contributed by atoms with van der Waals surface area (Å²) in [5, 5.41) is 10.4. The van der Waals surface area contributed by atoms with Gasteiger partial charge in [0.1, 0.15) is 0 Å². The lowest BCUT2D eigenvalue weighted by atomic mass is 9.86. The molecule has 1 aromatic carbocycles. The Morgan fingerprint density at radius 3 is 2.53 bits per heavy atom. The van der Waals surface area contributed by atoms with Crippen molar-refractivity contribution in [2.24, 2.45) is 0 Å². The lowest BCUT2D eigenvalue weighted by molar-refractivity contribution is 0.280. The molecule has 19 heavy (non-hydrogen) atoms. The van der Waals surface area contributed by atoms with Crippen molar-refractivity contribution in [3.8, 4) is 0 Å². The highest BCUT2D eigenvalue weighted by Gasteiger charge is 2.16. The molecule has 1 aromatic heterocycles. The zero-order valence-corrected chi connectivity index (χ0v) is 12.5. The van der Waals surface area contributed by atoms with Gasteiger partial charge in [0, 0.05) is 30.3 Å². The molecule has 1 N–H and O–H groups in total. The van der Waals surface area contributed by atoms with Gasteiger partial charge in [-0.15, -0.1) is 0 Å². The average Bonchev–Trinajstić information content (AvgIpc) is 2.72. The maximum absolute atomic E-state index is 9.00. The van der Waals surface area contributed by atoms with Crippen LogP contribution < -0.4 is 0 Å². The Balaban J connectivity index is 2.52. The van der Waals surface area contributed by atoms with Crippen molar-refractivity contribution in [3.05, 3.63) is 35.5 Å². The zero-order valence-electron chi connectivity index (χ0n) is 12.5. The van der Waals surface area contributed by atoms with Gasteiger partial charge in [0.05, 0.1) is 0 Å². The standard InChI is InChI=1S/C17H25NO/c1-5-13-12-18(9-6-10-19)16-8-7-14(11-15(13)16)17(2,3)4/h7-8,11-12,19H,5-6,9-10H2,1-4H3. The second-order valence-corrected chi connectivity index (χ2v) is 6.26. The Kier molecular flexibility index (Phi) is 4.00. The fraction of sp³-hybridized carbons (Fsp3) is 0.529. The third kappa shape index (κ3) is 2.84. The molecular formula is C17H25NO. The van der Waals surface area contributed by atoms with E-state index in [1.54, 1.807) is 0 Å². The van der Waals surface area contributed by atoms with Crippen molar-refractivity contribution in [2.45, 2.75) is 52.5 Å². The maximum Gasteiger partial charge on any atom is 0.0483 e. The Bertz CT molecular complexity index is 560. The van der Waals surface area contributed by atoms with Crippen molar-refractivity contribution in [3.63, 3.8) is 0 Å². The lowest BCUT2D eigenvalue weighted by Crippen LogP contribution is -2.10. The molecule has 0 aliphatic carbocycles. The summed E-state index contributed by atoms with van der Waals surface area (Å²) in [5.41, 5.74) is 4.26. The quantitative estimate of drug-likeness (QED) is 0.885. The van der Waals surface area contributed by atoms with Crippen molar-refractivity contribution in [1.82, 2.24) is 4.57 Å². The Morgan fingerprint density at radius 1 is 1.21 bits per heavy atom. The molecule has 2 rings (SSSR count). The number of benzene rings is 1. The number of hydrogen-bond donors (Lipinski definition) is 1. The topological polar surface area (TPSA) is 25.2 Å². The monoisotopic (exact) mass is 259 g/mol. The molecule has 0 fully saturated rings. The van der Waals surface area contributed by atoms with Crippen molar-refractivity contribution < 1.29 is 5.11 Å². The van der Waals surface area contributed by atoms with E-state index in [1.165, 1.54) is 22.0 Å². The van der Waals surface area contributed by atoms with Crippen molar-refractivity contribution in [2.75, 3.05) is 6.61 Å². The summed E-state index contributed by atoms with van der Waals surface area (Å²) in [4.78, 5) is 0. The second kappa shape index (κ2) is 5.38. The molecule has 2 heteroatoms. The van der Waals surface area contributed by atoms with Gasteiger partial charge in [-0.1, -0.05) is 33.8 Å². The number of hydrogen-bond acceptors (Lipinski definition) is 1. The van der Waals surface area contributed by atoms with Gasteiger partial charge in [0.25, 0.3) is 0 Å². The van der Waals surface area contributed by atoms with Crippen LogP contribution in [-0.2, 0) is 18.4 Å². The van der Waals surface area contributed by atoms with Crippen LogP contribution in [-0.4, -0.2) is 16.3 Å². The van der Waals surface area contributed by atoms with E-state index in [4.69, 9.17) is 5.11 Å². The fourth-order valence-corrected chi connectivity index (χ4v) is 2.55. The van der Waals surface area contributed by atoms with E-state index >= 15 is 0 Å². The third-order valence-corrected chi connectivity index (χ3v) is 3.77. The van der Waals surface area contributed by atoms with Crippen LogP contribution >= 0.6 is 0 Å². The summed E-state index contributed by atoms with van der Waals surface area (Å²) in [6.07, 6.45) is 4.11. The predicted molar refractivity (Wildman–Crippen MR) is 81.7 cm³/mol. The first-order valence-electron chi connectivity index (χ1n) is 7.20. The largest absolute Gasteiger partial charge is 0.396 e. The number of aromatic nitrogens is 1. The number of fused-ring (bicyclic) bond motifs is 1. The third-order valence-electron chi connectivity index (χ3n) is 3.77. The molecular weight excluding hydrogens is 234 g/mol. The molecule has 1 heterocycles. The normalized spacial score (nSPS) is 12.3. The second-order valence-electron chi connectivity index (χ2n) is 6.26. The van der Waals surface area contributed by atoms with E-state index in [0.29, 0.717) is 0 Å². The summed E-state index contributed by atoms with van der Waals surface area (Å²) >= 11 is 0. The number of nitrogens with zero attached hydrogens (tertiary/aromatic N) is 1. The minimum absolute atomic E-state index is 0.187. The first kappa shape index (κ1) is 14.1. The van der Waals surface area contributed by atoms with Gasteiger partial charge in [-0.05, 0) is 41.5 Å². The maximum atomic E-state index is 9.00. The number of aliphatic hydroxyl groups is 1. The first-order valence-corrected chi connectivity index (χ1v) is 7.20. The number of aliphatic hydroxyl groups excluding tert-OH is 1. The van der Waals surface area contributed by atoms with E-state index in [-0.39, 0.29) is 12.0 Å². The summed E-state index contributed by atoms with van der Waals surface area (Å²) in [5.74, 6) is 0. The molecule has 0 unspecified atom stereocenters. The zero-order chi connectivity index (χ0) is 14.0. The molecule has 0 aliphatic heterocycles. The minimum Gasteiger partial charge on any atom is -0.396 e. The van der Waals surface area contributed by atoms with Crippen LogP contribution in [0.15, 0.2) is 24.4 Å². The van der Waals surface area contributed by atoms with E-state index in [9.17, 15) is 0 Å². The van der Waals surface area contributed by atoms with Gasteiger partial charge in [0.2, 0.25) is 0 Å². The lowest BCUT2D eigenvalue weighted by Gasteiger charge is -2.19. The molecule has 0 aliphatic rings. The van der Waals surface area contributed by atoms with Crippen LogP contribution in [0.4, 0.5) is 0 Å². The van der Waals surface area contributed by atoms with Crippen LogP contribution in [0.25, 0.3) is 10.9 Å². The van der Waals surface area contributed by atoms with Crippen LogP contribution in [0.3, 0.4) is 0 Å². The van der Waals surface area contributed by atoms with Gasteiger partial charge in [-0.2, -0.15) is 0 Å². The van der Waals surface area contributed by atoms with Crippen LogP contribution in [0.5, 0.6) is 0 Å². The highest BCUT2D eigenvalue weighted by Crippen LogP contribution is 2.29. The molecule has 0 spiro atoms. The minimum atomic E-state index is 0.187. The number of aryl methyl sites for hydroxylation is 2. The van der Waals surface area contributed by atoms with Crippen molar-refractivity contribution >= 4 is 10.9 Å². The molecule has 0 amide bonds. The van der Waals surface area contributed by atoms with Gasteiger partial charge in [-0.3, -0.25) is 0 Å². The predicted octanol–water partition coefficient (Wildman–Crippen LogP) is 3.88. The molecule has 2 aromatic rings. The van der Waals surface area contributed by atoms with E-state index in [0.717, 1.165) is 19.4 Å². The van der Waals surface area contributed by atoms with Gasteiger partial charge in [-0.25, -0.2) is 0 Å². The van der Waals surface area contributed by atoms with Crippen LogP contribution in [0, 0.1) is 0 Å². The van der Waals surface area contributed by atoms with E-state index in [2.05, 4.69) is 56.7 Å². The summed E-state index contributed by atoms with van der Waals surface area (Å²) in [6, 6.07) is 6.80.